The van der Waals surface area contributed by atoms with Gasteiger partial charge in [-0.1, -0.05) is 11.6 Å². The van der Waals surface area contributed by atoms with Gasteiger partial charge in [0.15, 0.2) is 0 Å². The van der Waals surface area contributed by atoms with Gasteiger partial charge in [0.2, 0.25) is 0 Å². The molecule has 0 atom stereocenters. The summed E-state index contributed by atoms with van der Waals surface area (Å²) in [6.45, 7) is 1.60. The monoisotopic (exact) mass is 328 g/mol. The summed E-state index contributed by atoms with van der Waals surface area (Å²) in [5, 5.41) is -0.0844. The Bertz CT molecular complexity index is 664. The number of carbonyl (C=O) groups excluding carboxylic acids is 2. The Hall–Kier alpha value is -2.61. The molecule has 9 heteroatoms. The summed E-state index contributed by atoms with van der Waals surface area (Å²) in [6.07, 6.45) is 1.95. The second-order valence-electron chi connectivity index (χ2n) is 4.01. The van der Waals surface area contributed by atoms with Crippen molar-refractivity contribution in [3.05, 3.63) is 58.1 Å². The zero-order valence-electron chi connectivity index (χ0n) is 11.3. The molecule has 0 fully saturated rings. The summed E-state index contributed by atoms with van der Waals surface area (Å²) in [7, 11) is 0. The van der Waals surface area contributed by atoms with Gasteiger partial charge in [0.25, 0.3) is 11.8 Å². The third-order valence-electron chi connectivity index (χ3n) is 2.39. The van der Waals surface area contributed by atoms with Gasteiger partial charge in [-0.15, -0.1) is 0 Å². The van der Waals surface area contributed by atoms with E-state index in [0.717, 1.165) is 24.5 Å². The molecular weight excluding hydrogens is 318 g/mol. The molecule has 0 aliphatic carbocycles. The van der Waals surface area contributed by atoms with Crippen molar-refractivity contribution >= 4 is 23.4 Å². The standard InChI is InChI=1S/C7H7FN2O.C6H4ClFN2O/c1-4-6(7(9)11)2-5(8)3-10-4;7-5-4(6(9)11)1-3(8)2-10-5/h2-3H,1H3,(H2,9,11);1-2H,(H2,9,11). The van der Waals surface area contributed by atoms with E-state index in [1.807, 2.05) is 0 Å². The molecule has 0 spiro atoms. The Kier molecular flexibility index (Phi) is 5.88. The largest absolute Gasteiger partial charge is 0.366 e. The van der Waals surface area contributed by atoms with Crippen LogP contribution in [0.25, 0.3) is 0 Å². The molecule has 0 saturated heterocycles. The summed E-state index contributed by atoms with van der Waals surface area (Å²) in [6, 6.07) is 2.02. The van der Waals surface area contributed by atoms with Gasteiger partial charge in [0.05, 0.1) is 29.2 Å². The summed E-state index contributed by atoms with van der Waals surface area (Å²) in [5.41, 5.74) is 10.3. The van der Waals surface area contributed by atoms with Gasteiger partial charge in [0.1, 0.15) is 16.8 Å². The van der Waals surface area contributed by atoms with Crippen LogP contribution in [-0.2, 0) is 0 Å². The maximum Gasteiger partial charge on any atom is 0.251 e. The quantitative estimate of drug-likeness (QED) is 0.815. The van der Waals surface area contributed by atoms with Crippen molar-refractivity contribution in [3.8, 4) is 0 Å². The van der Waals surface area contributed by atoms with Crippen LogP contribution < -0.4 is 11.5 Å². The van der Waals surface area contributed by atoms with Crippen molar-refractivity contribution in [2.24, 2.45) is 11.5 Å². The highest BCUT2D eigenvalue weighted by molar-refractivity contribution is 6.32. The molecular formula is C13H11ClF2N4O2. The van der Waals surface area contributed by atoms with Gasteiger partial charge in [-0.2, -0.15) is 0 Å². The van der Waals surface area contributed by atoms with E-state index >= 15 is 0 Å². The van der Waals surface area contributed by atoms with E-state index in [1.165, 1.54) is 0 Å². The van der Waals surface area contributed by atoms with Crippen LogP contribution in [0, 0.1) is 18.6 Å². The van der Waals surface area contributed by atoms with E-state index in [2.05, 4.69) is 9.97 Å². The van der Waals surface area contributed by atoms with Crippen LogP contribution in [-0.4, -0.2) is 21.8 Å². The van der Waals surface area contributed by atoms with Crippen LogP contribution in [0.2, 0.25) is 5.15 Å². The molecule has 0 radical (unpaired) electrons. The topological polar surface area (TPSA) is 112 Å². The average molecular weight is 329 g/mol. The number of primary amides is 2. The lowest BCUT2D eigenvalue weighted by molar-refractivity contribution is 0.0990. The fraction of sp³-hybridized carbons (Fsp3) is 0.0769. The average Bonchev–Trinajstić information content (AvgIpc) is 2.44. The number of halogens is 3. The van der Waals surface area contributed by atoms with Gasteiger partial charge in [-0.05, 0) is 19.1 Å². The second kappa shape index (κ2) is 7.41. The molecule has 0 unspecified atom stereocenters. The van der Waals surface area contributed by atoms with E-state index in [1.54, 1.807) is 6.92 Å². The molecule has 2 amide bonds. The first kappa shape index (κ1) is 17.4. The molecule has 116 valence electrons. The van der Waals surface area contributed by atoms with E-state index in [-0.39, 0.29) is 16.3 Å². The number of carbonyl (C=O) groups is 2. The van der Waals surface area contributed by atoms with Gasteiger partial charge in [-0.25, -0.2) is 13.8 Å². The highest BCUT2D eigenvalue weighted by atomic mass is 35.5. The fourth-order valence-corrected chi connectivity index (χ4v) is 1.55. The SMILES string of the molecule is Cc1ncc(F)cc1C(N)=O.NC(=O)c1cc(F)cnc1Cl. The lowest BCUT2D eigenvalue weighted by atomic mass is 10.2. The maximum atomic E-state index is 12.4. The zero-order chi connectivity index (χ0) is 16.9. The summed E-state index contributed by atoms with van der Waals surface area (Å²) in [5.74, 6) is -2.64. The van der Waals surface area contributed by atoms with Crippen molar-refractivity contribution in [2.75, 3.05) is 0 Å². The number of amides is 2. The number of aromatic nitrogens is 2. The lowest BCUT2D eigenvalue weighted by Crippen LogP contribution is -2.13. The normalized spacial score (nSPS) is 9.64. The van der Waals surface area contributed by atoms with Crippen molar-refractivity contribution in [3.63, 3.8) is 0 Å². The number of nitrogens with two attached hydrogens (primary N) is 2. The lowest BCUT2D eigenvalue weighted by Gasteiger charge is -1.98. The third kappa shape index (κ3) is 4.74. The van der Waals surface area contributed by atoms with E-state index in [4.69, 9.17) is 23.1 Å². The van der Waals surface area contributed by atoms with E-state index < -0.39 is 23.4 Å². The molecule has 2 heterocycles. The number of nitrogens with zero attached hydrogens (tertiary/aromatic N) is 2. The first-order valence-electron chi connectivity index (χ1n) is 5.75. The number of hydrogen-bond acceptors (Lipinski definition) is 4. The van der Waals surface area contributed by atoms with Gasteiger partial charge in [0, 0.05) is 0 Å². The molecule has 0 aromatic carbocycles. The molecule has 0 saturated carbocycles. The summed E-state index contributed by atoms with van der Waals surface area (Å²) < 4.78 is 24.8. The van der Waals surface area contributed by atoms with E-state index in [0.29, 0.717) is 5.69 Å². The van der Waals surface area contributed by atoms with Crippen LogP contribution in [0.5, 0.6) is 0 Å². The minimum absolute atomic E-state index is 0.0844. The molecule has 22 heavy (non-hydrogen) atoms. The zero-order valence-corrected chi connectivity index (χ0v) is 12.1. The minimum Gasteiger partial charge on any atom is -0.366 e. The molecule has 2 rings (SSSR count). The van der Waals surface area contributed by atoms with Gasteiger partial charge < -0.3 is 11.5 Å². The van der Waals surface area contributed by atoms with Crippen molar-refractivity contribution in [1.29, 1.82) is 0 Å². The van der Waals surface area contributed by atoms with Crippen LogP contribution in [0.4, 0.5) is 8.78 Å². The van der Waals surface area contributed by atoms with Crippen LogP contribution in [0.3, 0.4) is 0 Å². The number of pyridine rings is 2. The Labute approximate surface area is 129 Å². The second-order valence-corrected chi connectivity index (χ2v) is 4.36. The van der Waals surface area contributed by atoms with Crippen molar-refractivity contribution in [2.45, 2.75) is 6.92 Å². The van der Waals surface area contributed by atoms with Crippen LogP contribution >= 0.6 is 11.6 Å². The van der Waals surface area contributed by atoms with E-state index in [9.17, 15) is 18.4 Å². The number of rotatable bonds is 2. The molecule has 0 aliphatic rings. The highest BCUT2D eigenvalue weighted by Gasteiger charge is 2.08. The highest BCUT2D eigenvalue weighted by Crippen LogP contribution is 2.12. The summed E-state index contributed by atoms with van der Waals surface area (Å²) in [4.78, 5) is 28.1. The third-order valence-corrected chi connectivity index (χ3v) is 2.69. The Morgan fingerprint density at radius 3 is 1.86 bits per heavy atom. The molecule has 2 aromatic rings. The van der Waals surface area contributed by atoms with Crippen LogP contribution in [0.1, 0.15) is 26.4 Å². The molecule has 2 aromatic heterocycles. The molecule has 0 bridgehead atoms. The van der Waals surface area contributed by atoms with Gasteiger partial charge >= 0.3 is 0 Å². The molecule has 4 N–H and O–H groups in total. The predicted octanol–water partition coefficient (Wildman–Crippen LogP) is 1.60. The Balaban J connectivity index is 0.000000220. The van der Waals surface area contributed by atoms with Crippen molar-refractivity contribution < 1.29 is 18.4 Å². The first-order valence-corrected chi connectivity index (χ1v) is 6.13. The van der Waals surface area contributed by atoms with Crippen molar-refractivity contribution in [1.82, 2.24) is 9.97 Å². The van der Waals surface area contributed by atoms with Crippen LogP contribution in [0.15, 0.2) is 24.5 Å². The number of hydrogen-bond donors (Lipinski definition) is 2. The number of aryl methyl sites for hydroxylation is 1. The Morgan fingerprint density at radius 1 is 1.00 bits per heavy atom. The van der Waals surface area contributed by atoms with Gasteiger partial charge in [-0.3, -0.25) is 14.6 Å². The minimum atomic E-state index is -0.790. The predicted molar refractivity (Wildman–Crippen MR) is 75.2 cm³/mol. The maximum absolute atomic E-state index is 12.4. The fourth-order valence-electron chi connectivity index (χ4n) is 1.35. The summed E-state index contributed by atoms with van der Waals surface area (Å²) >= 11 is 5.41. The molecule has 0 aliphatic heterocycles. The molecule has 6 nitrogen and oxygen atoms in total. The smallest absolute Gasteiger partial charge is 0.251 e. The Morgan fingerprint density at radius 2 is 1.45 bits per heavy atom. The first-order chi connectivity index (χ1) is 10.2.